The monoisotopic (exact) mass is 419 g/mol. The summed E-state index contributed by atoms with van der Waals surface area (Å²) in [7, 11) is 0. The maximum absolute atomic E-state index is 13.5. The lowest BCUT2D eigenvalue weighted by Gasteiger charge is -2.58. The molecule has 5 heteroatoms. The number of nitrogens with one attached hydrogen (secondary N) is 1. The van der Waals surface area contributed by atoms with Gasteiger partial charge in [0.25, 0.3) is 5.91 Å². The third-order valence-corrected chi connectivity index (χ3v) is 7.35. The van der Waals surface area contributed by atoms with Crippen molar-refractivity contribution < 1.29 is 19.4 Å². The molecule has 3 unspecified atom stereocenters. The van der Waals surface area contributed by atoms with Gasteiger partial charge in [-0.3, -0.25) is 9.59 Å². The van der Waals surface area contributed by atoms with E-state index >= 15 is 0 Å². The van der Waals surface area contributed by atoms with Gasteiger partial charge in [-0.25, -0.2) is 0 Å². The van der Waals surface area contributed by atoms with Crippen molar-refractivity contribution in [2.45, 2.75) is 57.2 Å². The number of rotatable bonds is 5. The first-order valence-corrected chi connectivity index (χ1v) is 11.2. The van der Waals surface area contributed by atoms with Crippen LogP contribution < -0.4 is 5.32 Å². The van der Waals surface area contributed by atoms with Crippen LogP contribution in [0, 0.1) is 24.2 Å². The van der Waals surface area contributed by atoms with E-state index in [1.807, 2.05) is 49.4 Å². The van der Waals surface area contributed by atoms with Crippen LogP contribution in [0.5, 0.6) is 0 Å². The third-order valence-electron chi connectivity index (χ3n) is 7.35. The Balaban J connectivity index is 1.39. The molecular weight excluding hydrogens is 390 g/mol. The summed E-state index contributed by atoms with van der Waals surface area (Å²) in [4.78, 5) is 26.7. The number of aliphatic hydroxyl groups is 1. The maximum Gasteiger partial charge on any atom is 0.313 e. The van der Waals surface area contributed by atoms with Crippen molar-refractivity contribution in [3.8, 4) is 0 Å². The van der Waals surface area contributed by atoms with Crippen LogP contribution in [0.15, 0.2) is 54.6 Å². The van der Waals surface area contributed by atoms with Crippen molar-refractivity contribution >= 4 is 17.6 Å². The van der Waals surface area contributed by atoms with Gasteiger partial charge >= 0.3 is 5.97 Å². The van der Waals surface area contributed by atoms with E-state index in [9.17, 15) is 14.7 Å². The van der Waals surface area contributed by atoms with Crippen molar-refractivity contribution in [1.82, 2.24) is 0 Å². The molecule has 0 aliphatic heterocycles. The van der Waals surface area contributed by atoms with Crippen LogP contribution in [0.1, 0.15) is 55.8 Å². The first-order chi connectivity index (χ1) is 14.8. The van der Waals surface area contributed by atoms with E-state index in [0.717, 1.165) is 37.7 Å². The Bertz CT molecular complexity index is 970. The molecule has 162 valence electrons. The molecule has 3 atom stereocenters. The first kappa shape index (κ1) is 20.3. The summed E-state index contributed by atoms with van der Waals surface area (Å²) >= 11 is 0. The maximum atomic E-state index is 13.5. The Labute approximate surface area is 182 Å². The van der Waals surface area contributed by atoms with E-state index in [1.165, 1.54) is 0 Å². The second kappa shape index (κ2) is 7.49. The van der Waals surface area contributed by atoms with Gasteiger partial charge in [0.2, 0.25) is 6.10 Å². The highest BCUT2D eigenvalue weighted by molar-refractivity contribution is 5.96. The normalized spacial score (nSPS) is 31.8. The smallest absolute Gasteiger partial charge is 0.313 e. The Hall–Kier alpha value is -2.66. The molecule has 4 aliphatic rings. The molecule has 6 rings (SSSR count). The molecule has 0 radical (unpaired) electrons. The van der Waals surface area contributed by atoms with Gasteiger partial charge < -0.3 is 15.2 Å². The zero-order chi connectivity index (χ0) is 21.6. The van der Waals surface area contributed by atoms with Gasteiger partial charge in [-0.1, -0.05) is 48.0 Å². The SMILES string of the molecule is Cc1ccc(NC(=O)C(OC(=O)C23CC4CC(CC(O)(C4)C2)C3)c2ccccc2)cc1. The van der Waals surface area contributed by atoms with E-state index in [0.29, 0.717) is 29.5 Å². The molecule has 2 aromatic carbocycles. The van der Waals surface area contributed by atoms with Crippen LogP contribution in [0.4, 0.5) is 5.69 Å². The summed E-state index contributed by atoms with van der Waals surface area (Å²) in [5.74, 6) is 0.0329. The van der Waals surface area contributed by atoms with Gasteiger partial charge in [-0.05, 0) is 69.4 Å². The number of amides is 1. The molecule has 31 heavy (non-hydrogen) atoms. The fourth-order valence-corrected chi connectivity index (χ4v) is 6.43. The van der Waals surface area contributed by atoms with Crippen molar-refractivity contribution in [2.75, 3.05) is 5.32 Å². The number of esters is 1. The van der Waals surface area contributed by atoms with Crippen molar-refractivity contribution in [1.29, 1.82) is 0 Å². The van der Waals surface area contributed by atoms with Gasteiger partial charge in [-0.15, -0.1) is 0 Å². The Morgan fingerprint density at radius 3 is 2.26 bits per heavy atom. The molecule has 0 saturated heterocycles. The van der Waals surface area contributed by atoms with Gasteiger partial charge in [0.1, 0.15) is 0 Å². The Kier molecular flexibility index (Phi) is 4.89. The number of carbonyl (C=O) groups excluding carboxylic acids is 2. The highest BCUT2D eigenvalue weighted by atomic mass is 16.5. The summed E-state index contributed by atoms with van der Waals surface area (Å²) in [6.45, 7) is 1.99. The van der Waals surface area contributed by atoms with E-state index in [4.69, 9.17) is 4.74 Å². The van der Waals surface area contributed by atoms with Crippen molar-refractivity contribution in [3.63, 3.8) is 0 Å². The standard InChI is InChI=1S/C26H29NO4/c1-17-7-9-21(10-8-17)27-23(28)22(20-5-3-2-4-6-20)31-24(29)25-12-18-11-19(13-25)15-26(30,14-18)16-25/h2-10,18-19,22,30H,11-16H2,1H3,(H,27,28). The third kappa shape index (κ3) is 3.87. The van der Waals surface area contributed by atoms with Gasteiger partial charge in [0.05, 0.1) is 11.0 Å². The van der Waals surface area contributed by atoms with Gasteiger partial charge in [0, 0.05) is 11.3 Å². The van der Waals surface area contributed by atoms with E-state index in [-0.39, 0.29) is 11.9 Å². The average Bonchev–Trinajstić information content (AvgIpc) is 2.72. The fraction of sp³-hybridized carbons (Fsp3) is 0.462. The van der Waals surface area contributed by atoms with Gasteiger partial charge in [-0.2, -0.15) is 0 Å². The zero-order valence-corrected chi connectivity index (χ0v) is 17.8. The second-order valence-corrected chi connectivity index (χ2v) is 10.0. The lowest BCUT2D eigenvalue weighted by atomic mass is 9.48. The molecule has 0 aromatic heterocycles. The average molecular weight is 420 g/mol. The highest BCUT2D eigenvalue weighted by Gasteiger charge is 2.61. The van der Waals surface area contributed by atoms with Crippen molar-refractivity contribution in [3.05, 3.63) is 65.7 Å². The van der Waals surface area contributed by atoms with E-state index in [2.05, 4.69) is 5.32 Å². The topological polar surface area (TPSA) is 75.6 Å². The summed E-state index contributed by atoms with van der Waals surface area (Å²) in [5.41, 5.74) is 0.982. The van der Waals surface area contributed by atoms with Crippen molar-refractivity contribution in [2.24, 2.45) is 17.3 Å². The summed E-state index contributed by atoms with van der Waals surface area (Å²) in [6.07, 6.45) is 3.60. The predicted molar refractivity (Wildman–Crippen MR) is 117 cm³/mol. The molecule has 4 fully saturated rings. The van der Waals surface area contributed by atoms with Gasteiger partial charge in [0.15, 0.2) is 0 Å². The number of hydrogen-bond donors (Lipinski definition) is 2. The molecule has 0 spiro atoms. The van der Waals surface area contributed by atoms with Crippen LogP contribution in [-0.4, -0.2) is 22.6 Å². The second-order valence-electron chi connectivity index (χ2n) is 10.0. The number of anilines is 1. The largest absolute Gasteiger partial charge is 0.447 e. The highest BCUT2D eigenvalue weighted by Crippen LogP contribution is 2.62. The number of benzene rings is 2. The molecule has 1 amide bonds. The van der Waals surface area contributed by atoms with E-state index in [1.54, 1.807) is 12.1 Å². The molecule has 2 N–H and O–H groups in total. The van der Waals surface area contributed by atoms with Crippen LogP contribution >= 0.6 is 0 Å². The molecule has 4 saturated carbocycles. The molecule has 4 aliphatic carbocycles. The first-order valence-electron chi connectivity index (χ1n) is 11.2. The molecular formula is C26H29NO4. The van der Waals surface area contributed by atoms with Crippen LogP contribution in [0.25, 0.3) is 0 Å². The minimum atomic E-state index is -1.03. The minimum absolute atomic E-state index is 0.340. The lowest BCUT2D eigenvalue weighted by Crippen LogP contribution is -2.58. The Morgan fingerprint density at radius 1 is 1.00 bits per heavy atom. The molecule has 5 nitrogen and oxygen atoms in total. The zero-order valence-electron chi connectivity index (χ0n) is 17.8. The summed E-state index contributed by atoms with van der Waals surface area (Å²) in [5, 5.41) is 13.9. The number of ether oxygens (including phenoxy) is 1. The molecule has 4 bridgehead atoms. The molecule has 0 heterocycles. The summed E-state index contributed by atoms with van der Waals surface area (Å²) in [6, 6.07) is 16.7. The lowest BCUT2D eigenvalue weighted by molar-refractivity contribution is -0.200. The fourth-order valence-electron chi connectivity index (χ4n) is 6.43. The van der Waals surface area contributed by atoms with Crippen LogP contribution in [0.2, 0.25) is 0 Å². The Morgan fingerprint density at radius 2 is 1.65 bits per heavy atom. The quantitative estimate of drug-likeness (QED) is 0.697. The van der Waals surface area contributed by atoms with Crippen LogP contribution in [-0.2, 0) is 14.3 Å². The van der Waals surface area contributed by atoms with Crippen LogP contribution in [0.3, 0.4) is 0 Å². The minimum Gasteiger partial charge on any atom is -0.447 e. The number of hydrogen-bond acceptors (Lipinski definition) is 4. The predicted octanol–water partition coefficient (Wildman–Crippen LogP) is 4.55. The molecule has 2 aromatic rings. The summed E-state index contributed by atoms with van der Waals surface area (Å²) < 4.78 is 5.96. The number of carbonyl (C=O) groups is 2. The van der Waals surface area contributed by atoms with E-state index < -0.39 is 17.1 Å². The number of aryl methyl sites for hydroxylation is 1.